The van der Waals surface area contributed by atoms with Gasteiger partial charge in [-0.3, -0.25) is 14.3 Å². The number of carboxylic acid groups (broad SMARTS) is 1. The van der Waals surface area contributed by atoms with E-state index < -0.39 is 17.9 Å². The topological polar surface area (TPSA) is 81.4 Å². The Morgan fingerprint density at radius 2 is 2.21 bits per heavy atom. The SMILES string of the molecule is COC(=O)C(Cc1ccn(C2CCCC2)n1)C(=O)O. The highest BCUT2D eigenvalue weighted by Gasteiger charge is 2.28. The minimum absolute atomic E-state index is 0.0712. The standard InChI is InChI=1S/C13H18N2O4/c1-19-13(18)11(12(16)17)8-9-6-7-15(14-9)10-4-2-3-5-10/h6-7,10-11H,2-5,8H2,1H3,(H,16,17). The number of aromatic nitrogens is 2. The molecule has 1 fully saturated rings. The number of carbonyl (C=O) groups excluding carboxylic acids is 1. The quantitative estimate of drug-likeness (QED) is 0.643. The zero-order chi connectivity index (χ0) is 13.8. The Bertz CT molecular complexity index is 463. The van der Waals surface area contributed by atoms with Gasteiger partial charge in [-0.1, -0.05) is 12.8 Å². The molecule has 1 unspecified atom stereocenters. The van der Waals surface area contributed by atoms with Crippen LogP contribution < -0.4 is 0 Å². The third-order valence-corrected chi connectivity index (χ3v) is 3.56. The van der Waals surface area contributed by atoms with Gasteiger partial charge in [0.2, 0.25) is 0 Å². The molecule has 0 aromatic carbocycles. The van der Waals surface area contributed by atoms with Gasteiger partial charge in [0, 0.05) is 12.6 Å². The molecule has 1 aliphatic carbocycles. The molecule has 1 aliphatic rings. The summed E-state index contributed by atoms with van der Waals surface area (Å²) in [5.41, 5.74) is 0.615. The number of rotatable bonds is 5. The van der Waals surface area contributed by atoms with Crippen molar-refractivity contribution in [2.45, 2.75) is 38.1 Å². The Hall–Kier alpha value is -1.85. The van der Waals surface area contributed by atoms with E-state index in [1.807, 2.05) is 10.9 Å². The van der Waals surface area contributed by atoms with Crippen LogP contribution in [0, 0.1) is 5.92 Å². The summed E-state index contributed by atoms with van der Waals surface area (Å²) in [5.74, 6) is -3.10. The van der Waals surface area contributed by atoms with Crippen molar-refractivity contribution < 1.29 is 19.4 Å². The summed E-state index contributed by atoms with van der Waals surface area (Å²) in [5, 5.41) is 13.4. The summed E-state index contributed by atoms with van der Waals surface area (Å²) >= 11 is 0. The minimum atomic E-state index is -1.18. The van der Waals surface area contributed by atoms with E-state index in [4.69, 9.17) is 5.11 Å². The van der Waals surface area contributed by atoms with Gasteiger partial charge >= 0.3 is 11.9 Å². The average molecular weight is 266 g/mol. The largest absolute Gasteiger partial charge is 0.481 e. The molecule has 1 aromatic heterocycles. The predicted molar refractivity (Wildman–Crippen MR) is 66.6 cm³/mol. The lowest BCUT2D eigenvalue weighted by atomic mass is 10.0. The normalized spacial score (nSPS) is 17.3. The van der Waals surface area contributed by atoms with Crippen LogP contribution in [0.2, 0.25) is 0 Å². The van der Waals surface area contributed by atoms with Crippen LogP contribution in [0.4, 0.5) is 0 Å². The number of esters is 1. The first-order chi connectivity index (χ1) is 9.11. The van der Waals surface area contributed by atoms with Crippen molar-refractivity contribution in [2.24, 2.45) is 5.92 Å². The molecule has 19 heavy (non-hydrogen) atoms. The summed E-state index contributed by atoms with van der Waals surface area (Å²) in [6.07, 6.45) is 6.57. The molecule has 0 amide bonds. The van der Waals surface area contributed by atoms with Gasteiger partial charge in [-0.05, 0) is 18.9 Å². The smallest absolute Gasteiger partial charge is 0.320 e. The van der Waals surface area contributed by atoms with E-state index >= 15 is 0 Å². The Balaban J connectivity index is 2.05. The third-order valence-electron chi connectivity index (χ3n) is 3.56. The monoisotopic (exact) mass is 266 g/mol. The molecule has 0 spiro atoms. The second kappa shape index (κ2) is 5.86. The molecule has 1 atom stereocenters. The predicted octanol–water partition coefficient (Wildman–Crippen LogP) is 1.41. The molecule has 2 rings (SSSR count). The number of ether oxygens (including phenoxy) is 1. The van der Waals surface area contributed by atoms with Gasteiger partial charge in [0.25, 0.3) is 0 Å². The van der Waals surface area contributed by atoms with Gasteiger partial charge in [-0.15, -0.1) is 0 Å². The van der Waals surface area contributed by atoms with Gasteiger partial charge < -0.3 is 9.84 Å². The summed E-state index contributed by atoms with van der Waals surface area (Å²) < 4.78 is 6.39. The summed E-state index contributed by atoms with van der Waals surface area (Å²) in [6.45, 7) is 0. The van der Waals surface area contributed by atoms with Crippen LogP contribution in [-0.4, -0.2) is 33.9 Å². The van der Waals surface area contributed by atoms with Crippen LogP contribution >= 0.6 is 0 Å². The van der Waals surface area contributed by atoms with Crippen molar-refractivity contribution in [2.75, 3.05) is 7.11 Å². The first kappa shape index (κ1) is 13.6. The molecule has 0 bridgehead atoms. The van der Waals surface area contributed by atoms with Gasteiger partial charge in [0.1, 0.15) is 0 Å². The first-order valence-corrected chi connectivity index (χ1v) is 6.46. The van der Waals surface area contributed by atoms with E-state index in [0.29, 0.717) is 11.7 Å². The molecule has 6 nitrogen and oxygen atoms in total. The second-order valence-corrected chi connectivity index (χ2v) is 4.84. The van der Waals surface area contributed by atoms with Crippen molar-refractivity contribution in [3.63, 3.8) is 0 Å². The number of hydrogen-bond donors (Lipinski definition) is 1. The molecule has 1 aromatic rings. The van der Waals surface area contributed by atoms with Crippen molar-refractivity contribution in [1.29, 1.82) is 0 Å². The first-order valence-electron chi connectivity index (χ1n) is 6.46. The van der Waals surface area contributed by atoms with Crippen LogP contribution in [0.3, 0.4) is 0 Å². The van der Waals surface area contributed by atoms with E-state index in [2.05, 4.69) is 9.84 Å². The summed E-state index contributed by atoms with van der Waals surface area (Å²) in [6, 6.07) is 2.19. The molecular weight excluding hydrogens is 248 g/mol. The minimum Gasteiger partial charge on any atom is -0.481 e. The molecule has 104 valence electrons. The van der Waals surface area contributed by atoms with Gasteiger partial charge in [-0.25, -0.2) is 0 Å². The fraction of sp³-hybridized carbons (Fsp3) is 0.615. The Morgan fingerprint density at radius 3 is 2.79 bits per heavy atom. The van der Waals surface area contributed by atoms with Crippen molar-refractivity contribution in [3.8, 4) is 0 Å². The number of nitrogens with zero attached hydrogens (tertiary/aromatic N) is 2. The lowest BCUT2D eigenvalue weighted by Crippen LogP contribution is -2.27. The van der Waals surface area contributed by atoms with E-state index in [1.54, 1.807) is 6.07 Å². The van der Waals surface area contributed by atoms with Gasteiger partial charge in [0.05, 0.1) is 18.8 Å². The maximum Gasteiger partial charge on any atom is 0.320 e. The van der Waals surface area contributed by atoms with Crippen LogP contribution in [0.25, 0.3) is 0 Å². The maximum atomic E-state index is 11.4. The number of methoxy groups -OCH3 is 1. The van der Waals surface area contributed by atoms with Crippen molar-refractivity contribution >= 4 is 11.9 Å². The highest BCUT2D eigenvalue weighted by Crippen LogP contribution is 2.28. The molecule has 1 N–H and O–H groups in total. The van der Waals surface area contributed by atoms with Crippen LogP contribution in [0.15, 0.2) is 12.3 Å². The molecule has 0 aliphatic heterocycles. The molecule has 1 heterocycles. The number of hydrogen-bond acceptors (Lipinski definition) is 4. The molecular formula is C13H18N2O4. The fourth-order valence-corrected chi connectivity index (χ4v) is 2.48. The van der Waals surface area contributed by atoms with E-state index in [1.165, 1.54) is 20.0 Å². The van der Waals surface area contributed by atoms with Gasteiger partial charge in [0.15, 0.2) is 5.92 Å². The van der Waals surface area contributed by atoms with Crippen LogP contribution in [0.1, 0.15) is 37.4 Å². The average Bonchev–Trinajstić information content (AvgIpc) is 3.05. The molecule has 1 saturated carbocycles. The zero-order valence-electron chi connectivity index (χ0n) is 10.9. The number of carbonyl (C=O) groups is 2. The zero-order valence-corrected chi connectivity index (χ0v) is 10.9. The van der Waals surface area contributed by atoms with Crippen LogP contribution in [-0.2, 0) is 20.7 Å². The van der Waals surface area contributed by atoms with Crippen LogP contribution in [0.5, 0.6) is 0 Å². The number of carboxylic acids is 1. The van der Waals surface area contributed by atoms with E-state index in [-0.39, 0.29) is 6.42 Å². The maximum absolute atomic E-state index is 11.4. The lowest BCUT2D eigenvalue weighted by molar-refractivity contribution is -0.156. The lowest BCUT2D eigenvalue weighted by Gasteiger charge is -2.10. The molecule has 0 radical (unpaired) electrons. The van der Waals surface area contributed by atoms with Crippen molar-refractivity contribution in [1.82, 2.24) is 9.78 Å². The molecule has 6 heteroatoms. The summed E-state index contributed by atoms with van der Waals surface area (Å²) in [7, 11) is 1.19. The Labute approximate surface area is 111 Å². The second-order valence-electron chi connectivity index (χ2n) is 4.84. The van der Waals surface area contributed by atoms with Crippen molar-refractivity contribution in [3.05, 3.63) is 18.0 Å². The number of aliphatic carboxylic acids is 1. The Morgan fingerprint density at radius 1 is 1.53 bits per heavy atom. The highest BCUT2D eigenvalue weighted by molar-refractivity contribution is 5.94. The summed E-state index contributed by atoms with van der Waals surface area (Å²) in [4.78, 5) is 22.4. The third kappa shape index (κ3) is 3.13. The van der Waals surface area contributed by atoms with Gasteiger partial charge in [-0.2, -0.15) is 5.10 Å². The molecule has 0 saturated heterocycles. The van der Waals surface area contributed by atoms with E-state index in [0.717, 1.165) is 12.8 Å². The Kier molecular flexibility index (Phi) is 4.19. The van der Waals surface area contributed by atoms with E-state index in [9.17, 15) is 9.59 Å². The fourth-order valence-electron chi connectivity index (χ4n) is 2.48. The highest BCUT2D eigenvalue weighted by atomic mass is 16.5.